The number of rotatable bonds is 4. The van der Waals surface area contributed by atoms with Crippen LogP contribution in [0.3, 0.4) is 0 Å². The summed E-state index contributed by atoms with van der Waals surface area (Å²) in [5.41, 5.74) is 2.81. The Morgan fingerprint density at radius 3 is 3.00 bits per heavy atom. The first-order valence-electron chi connectivity index (χ1n) is 6.32. The Morgan fingerprint density at radius 2 is 2.29 bits per heavy atom. The maximum absolute atomic E-state index is 5.49. The van der Waals surface area contributed by atoms with Crippen LogP contribution in [0.1, 0.15) is 24.1 Å². The maximum atomic E-state index is 5.49. The molecule has 1 aliphatic heterocycles. The van der Waals surface area contributed by atoms with Gasteiger partial charge in [-0.1, -0.05) is 12.1 Å². The molecule has 0 fully saturated rings. The molecule has 0 amide bonds. The molecular formula is C14H22N2O. The molecule has 1 N–H and O–H groups in total. The van der Waals surface area contributed by atoms with Crippen LogP contribution < -0.4 is 10.1 Å². The van der Waals surface area contributed by atoms with Gasteiger partial charge in [-0.2, -0.15) is 0 Å². The highest BCUT2D eigenvalue weighted by molar-refractivity contribution is 5.43. The second-order valence-electron chi connectivity index (χ2n) is 4.60. The second-order valence-corrected chi connectivity index (χ2v) is 4.60. The number of ether oxygens (including phenoxy) is 1. The van der Waals surface area contributed by atoms with Gasteiger partial charge in [-0.3, -0.25) is 4.90 Å². The van der Waals surface area contributed by atoms with E-state index in [-0.39, 0.29) is 0 Å². The number of hydrogen-bond acceptors (Lipinski definition) is 3. The predicted octanol–water partition coefficient (Wildman–Crippen LogP) is 1.83. The first kappa shape index (κ1) is 12.4. The topological polar surface area (TPSA) is 24.5 Å². The van der Waals surface area contributed by atoms with Crippen LogP contribution in [0.5, 0.6) is 5.75 Å². The van der Waals surface area contributed by atoms with Crippen LogP contribution in [-0.2, 0) is 6.42 Å². The zero-order chi connectivity index (χ0) is 12.3. The fraction of sp³-hybridized carbons (Fsp3) is 0.571. The summed E-state index contributed by atoms with van der Waals surface area (Å²) in [5.74, 6) is 1.03. The van der Waals surface area contributed by atoms with E-state index in [1.807, 2.05) is 7.05 Å². The van der Waals surface area contributed by atoms with Crippen LogP contribution in [0, 0.1) is 0 Å². The van der Waals surface area contributed by atoms with Crippen LogP contribution >= 0.6 is 0 Å². The molecule has 1 heterocycles. The van der Waals surface area contributed by atoms with Gasteiger partial charge in [0.1, 0.15) is 5.75 Å². The van der Waals surface area contributed by atoms with Gasteiger partial charge < -0.3 is 10.1 Å². The standard InChI is InChI=1S/C14H22N2O/c1-11-14-12(5-4-6-13(14)17-3)7-9-16(11)10-8-15-2/h4-6,11,15H,7-10H2,1-3H3. The van der Waals surface area contributed by atoms with Gasteiger partial charge in [0, 0.05) is 31.2 Å². The van der Waals surface area contributed by atoms with Crippen LogP contribution in [0.4, 0.5) is 0 Å². The number of nitrogens with one attached hydrogen (secondary N) is 1. The molecule has 1 aliphatic rings. The van der Waals surface area contributed by atoms with Crippen molar-refractivity contribution in [2.24, 2.45) is 0 Å². The maximum Gasteiger partial charge on any atom is 0.123 e. The molecule has 94 valence electrons. The van der Waals surface area contributed by atoms with E-state index in [9.17, 15) is 0 Å². The minimum Gasteiger partial charge on any atom is -0.496 e. The van der Waals surface area contributed by atoms with E-state index in [1.165, 1.54) is 11.1 Å². The van der Waals surface area contributed by atoms with Crippen molar-refractivity contribution in [1.82, 2.24) is 10.2 Å². The molecule has 0 saturated heterocycles. The van der Waals surface area contributed by atoms with Gasteiger partial charge in [0.25, 0.3) is 0 Å². The minimum absolute atomic E-state index is 0.447. The quantitative estimate of drug-likeness (QED) is 0.860. The molecule has 0 bridgehead atoms. The molecule has 1 aromatic carbocycles. The van der Waals surface area contributed by atoms with Crippen LogP contribution in [0.25, 0.3) is 0 Å². The van der Waals surface area contributed by atoms with E-state index in [4.69, 9.17) is 4.74 Å². The molecule has 1 aromatic rings. The third-order valence-corrected chi connectivity index (χ3v) is 3.66. The van der Waals surface area contributed by atoms with Crippen molar-refractivity contribution in [3.63, 3.8) is 0 Å². The van der Waals surface area contributed by atoms with Crippen molar-refractivity contribution >= 4 is 0 Å². The Kier molecular flexibility index (Phi) is 4.02. The van der Waals surface area contributed by atoms with Gasteiger partial charge in [0.15, 0.2) is 0 Å². The molecule has 0 saturated carbocycles. The molecular weight excluding hydrogens is 212 g/mol. The summed E-state index contributed by atoms with van der Waals surface area (Å²) in [6.07, 6.45) is 1.13. The summed E-state index contributed by atoms with van der Waals surface area (Å²) in [6.45, 7) is 5.54. The van der Waals surface area contributed by atoms with E-state index in [2.05, 4.69) is 35.3 Å². The van der Waals surface area contributed by atoms with Crippen molar-refractivity contribution in [2.45, 2.75) is 19.4 Å². The number of hydrogen-bond donors (Lipinski definition) is 1. The van der Waals surface area contributed by atoms with Crippen LogP contribution in [0.2, 0.25) is 0 Å². The normalized spacial score (nSPS) is 20.1. The van der Waals surface area contributed by atoms with E-state index in [0.29, 0.717) is 6.04 Å². The highest BCUT2D eigenvalue weighted by Gasteiger charge is 2.25. The number of nitrogens with zero attached hydrogens (tertiary/aromatic N) is 1. The summed E-state index contributed by atoms with van der Waals surface area (Å²) in [6, 6.07) is 6.83. The van der Waals surface area contributed by atoms with Crippen molar-refractivity contribution < 1.29 is 4.74 Å². The molecule has 0 spiro atoms. The average molecular weight is 234 g/mol. The first-order chi connectivity index (χ1) is 8.27. The largest absolute Gasteiger partial charge is 0.496 e. The van der Waals surface area contributed by atoms with Gasteiger partial charge in [0.2, 0.25) is 0 Å². The Morgan fingerprint density at radius 1 is 1.47 bits per heavy atom. The molecule has 0 radical (unpaired) electrons. The van der Waals surface area contributed by atoms with Crippen LogP contribution in [0.15, 0.2) is 18.2 Å². The lowest BCUT2D eigenvalue weighted by atomic mass is 9.92. The summed E-state index contributed by atoms with van der Waals surface area (Å²) < 4.78 is 5.49. The molecule has 3 nitrogen and oxygen atoms in total. The fourth-order valence-electron chi connectivity index (χ4n) is 2.66. The first-order valence-corrected chi connectivity index (χ1v) is 6.32. The third kappa shape index (κ3) is 2.45. The zero-order valence-electron chi connectivity index (χ0n) is 11.0. The smallest absolute Gasteiger partial charge is 0.123 e. The summed E-state index contributed by atoms with van der Waals surface area (Å²) in [5, 5.41) is 3.22. The molecule has 1 unspecified atom stereocenters. The predicted molar refractivity (Wildman–Crippen MR) is 70.6 cm³/mol. The molecule has 17 heavy (non-hydrogen) atoms. The SMILES string of the molecule is CNCCN1CCc2cccc(OC)c2C1C. The van der Waals surface area contributed by atoms with Crippen molar-refractivity contribution in [2.75, 3.05) is 33.8 Å². The van der Waals surface area contributed by atoms with Gasteiger partial charge in [-0.25, -0.2) is 0 Å². The summed E-state index contributed by atoms with van der Waals surface area (Å²) >= 11 is 0. The number of fused-ring (bicyclic) bond motifs is 1. The Hall–Kier alpha value is -1.06. The number of benzene rings is 1. The molecule has 0 aromatic heterocycles. The lowest BCUT2D eigenvalue weighted by Crippen LogP contribution is -2.38. The van der Waals surface area contributed by atoms with Gasteiger partial charge in [-0.05, 0) is 32.0 Å². The number of methoxy groups -OCH3 is 1. The van der Waals surface area contributed by atoms with E-state index in [0.717, 1.165) is 31.8 Å². The average Bonchev–Trinajstić information content (AvgIpc) is 2.37. The lowest BCUT2D eigenvalue weighted by Gasteiger charge is -2.36. The number of likely N-dealkylation sites (N-methyl/N-ethyl adjacent to an activating group) is 1. The molecule has 2 rings (SSSR count). The Bertz CT molecular complexity index is 364. The van der Waals surface area contributed by atoms with E-state index >= 15 is 0 Å². The highest BCUT2D eigenvalue weighted by Crippen LogP contribution is 2.35. The molecule has 0 aliphatic carbocycles. The fourth-order valence-corrected chi connectivity index (χ4v) is 2.66. The molecule has 3 heteroatoms. The molecule has 1 atom stereocenters. The zero-order valence-corrected chi connectivity index (χ0v) is 11.0. The van der Waals surface area contributed by atoms with Crippen molar-refractivity contribution in [3.05, 3.63) is 29.3 Å². The third-order valence-electron chi connectivity index (χ3n) is 3.66. The summed E-state index contributed by atoms with van der Waals surface area (Å²) in [4.78, 5) is 2.52. The highest BCUT2D eigenvalue weighted by atomic mass is 16.5. The summed E-state index contributed by atoms with van der Waals surface area (Å²) in [7, 11) is 3.76. The van der Waals surface area contributed by atoms with Gasteiger partial charge >= 0.3 is 0 Å². The van der Waals surface area contributed by atoms with E-state index in [1.54, 1.807) is 7.11 Å². The lowest BCUT2D eigenvalue weighted by molar-refractivity contribution is 0.196. The van der Waals surface area contributed by atoms with E-state index < -0.39 is 0 Å². The van der Waals surface area contributed by atoms with Crippen LogP contribution in [-0.4, -0.2) is 38.7 Å². The van der Waals surface area contributed by atoms with Crippen molar-refractivity contribution in [1.29, 1.82) is 0 Å². The second kappa shape index (κ2) is 5.52. The minimum atomic E-state index is 0.447. The Labute approximate surface area is 104 Å². The Balaban J connectivity index is 2.24. The van der Waals surface area contributed by atoms with Gasteiger partial charge in [-0.15, -0.1) is 0 Å². The monoisotopic (exact) mass is 234 g/mol. The van der Waals surface area contributed by atoms with Crippen molar-refractivity contribution in [3.8, 4) is 5.75 Å². The van der Waals surface area contributed by atoms with Gasteiger partial charge in [0.05, 0.1) is 7.11 Å².